The number of likely N-dealkylation sites (tertiary alicyclic amines) is 2. The van der Waals surface area contributed by atoms with Crippen molar-refractivity contribution in [1.29, 1.82) is 0 Å². The van der Waals surface area contributed by atoms with Gasteiger partial charge in [0.15, 0.2) is 0 Å². The van der Waals surface area contributed by atoms with E-state index in [0.717, 1.165) is 24.8 Å². The van der Waals surface area contributed by atoms with Gasteiger partial charge in [0.1, 0.15) is 18.2 Å². The molecular weight excluding hydrogens is 437 g/mol. The van der Waals surface area contributed by atoms with Crippen molar-refractivity contribution in [3.63, 3.8) is 0 Å². The molecule has 0 saturated carbocycles. The van der Waals surface area contributed by atoms with Crippen molar-refractivity contribution in [2.24, 2.45) is 5.92 Å². The minimum Gasteiger partial charge on any atom is -0.493 e. The van der Waals surface area contributed by atoms with Crippen LogP contribution in [-0.2, 0) is 4.79 Å². The number of hydrogen-bond donors (Lipinski definition) is 2. The Morgan fingerprint density at radius 1 is 1.19 bits per heavy atom. The maximum Gasteiger partial charge on any atom is 0.320 e. The highest BCUT2D eigenvalue weighted by Crippen LogP contribution is 2.22. The topological polar surface area (TPSA) is 82.1 Å². The van der Waals surface area contributed by atoms with Gasteiger partial charge in [-0.05, 0) is 55.9 Å². The summed E-state index contributed by atoms with van der Waals surface area (Å²) in [5.41, 5.74) is 0.870. The Morgan fingerprint density at radius 3 is 2.59 bits per heavy atom. The predicted octanol–water partition coefficient (Wildman–Crippen LogP) is 3.02. The predicted molar refractivity (Wildman–Crippen MR) is 122 cm³/mol. The van der Waals surface area contributed by atoms with Crippen molar-refractivity contribution in [2.75, 3.05) is 45.8 Å². The number of urea groups is 1. The molecule has 178 valence electrons. The second-order valence-corrected chi connectivity index (χ2v) is 7.96. The number of benzene rings is 1. The third kappa shape index (κ3) is 7.67. The molecule has 0 radical (unpaired) electrons. The molecule has 0 aliphatic carbocycles. The molecule has 2 aliphatic heterocycles. The van der Waals surface area contributed by atoms with E-state index in [1.807, 2.05) is 4.90 Å². The van der Waals surface area contributed by atoms with E-state index in [2.05, 4.69) is 23.5 Å². The maximum atomic E-state index is 13.0. The van der Waals surface area contributed by atoms with Crippen molar-refractivity contribution in [1.82, 2.24) is 15.1 Å². The van der Waals surface area contributed by atoms with Crippen LogP contribution in [-0.4, -0.2) is 78.7 Å². The van der Waals surface area contributed by atoms with Gasteiger partial charge in [-0.2, -0.15) is 0 Å². The third-order valence-electron chi connectivity index (χ3n) is 5.77. The van der Waals surface area contributed by atoms with Crippen molar-refractivity contribution in [2.45, 2.75) is 31.7 Å². The number of nitrogens with one attached hydrogen (secondary N) is 1. The number of aliphatic hydroxyl groups is 1. The summed E-state index contributed by atoms with van der Waals surface area (Å²) in [7, 11) is 0. The SMILES string of the molecule is C=C1CCN(C(=O)N2CCCC(COc3ccc(F)cc3)CC2)C[C@H]1NC(=O)CO.CCl. The van der Waals surface area contributed by atoms with Crippen LogP contribution in [0, 0.1) is 11.7 Å². The van der Waals surface area contributed by atoms with Crippen LogP contribution in [0.5, 0.6) is 5.75 Å². The molecule has 2 atom stereocenters. The van der Waals surface area contributed by atoms with E-state index in [4.69, 9.17) is 9.84 Å². The van der Waals surface area contributed by atoms with E-state index in [-0.39, 0.29) is 17.9 Å². The first-order chi connectivity index (χ1) is 15.5. The summed E-state index contributed by atoms with van der Waals surface area (Å²) in [6.07, 6.45) is 4.81. The molecule has 1 aromatic carbocycles. The summed E-state index contributed by atoms with van der Waals surface area (Å²) < 4.78 is 18.8. The van der Waals surface area contributed by atoms with Crippen molar-refractivity contribution >= 4 is 23.5 Å². The Hall–Kier alpha value is -2.32. The zero-order chi connectivity index (χ0) is 23.5. The fourth-order valence-electron chi connectivity index (χ4n) is 3.92. The fraction of sp³-hybridized carbons (Fsp3) is 0.565. The van der Waals surface area contributed by atoms with Crippen LogP contribution in [0.1, 0.15) is 25.7 Å². The lowest BCUT2D eigenvalue weighted by molar-refractivity contribution is -0.124. The second kappa shape index (κ2) is 13.3. The van der Waals surface area contributed by atoms with Gasteiger partial charge in [0, 0.05) is 32.6 Å². The van der Waals surface area contributed by atoms with Gasteiger partial charge in [-0.1, -0.05) is 12.2 Å². The molecule has 0 spiro atoms. The normalized spacial score (nSPS) is 21.2. The highest BCUT2D eigenvalue weighted by atomic mass is 35.5. The highest BCUT2D eigenvalue weighted by molar-refractivity contribution is 6.15. The number of carbonyl (C=O) groups is 2. The average Bonchev–Trinajstić information content (AvgIpc) is 3.06. The zero-order valence-electron chi connectivity index (χ0n) is 18.6. The van der Waals surface area contributed by atoms with E-state index in [1.54, 1.807) is 17.0 Å². The number of amides is 3. The summed E-state index contributed by atoms with van der Waals surface area (Å²) in [6.45, 7) is 6.25. The first-order valence-electron chi connectivity index (χ1n) is 10.8. The number of carbonyl (C=O) groups excluding carboxylic acids is 2. The Kier molecular flexibility index (Phi) is 10.8. The van der Waals surface area contributed by atoms with Gasteiger partial charge < -0.3 is 25.0 Å². The van der Waals surface area contributed by atoms with Gasteiger partial charge in [0.05, 0.1) is 12.6 Å². The molecule has 0 bridgehead atoms. The number of hydrogen-bond acceptors (Lipinski definition) is 4. The monoisotopic (exact) mass is 469 g/mol. The molecule has 2 fully saturated rings. The Bertz CT molecular complexity index is 762. The highest BCUT2D eigenvalue weighted by Gasteiger charge is 2.31. The van der Waals surface area contributed by atoms with Crippen LogP contribution in [0.3, 0.4) is 0 Å². The van der Waals surface area contributed by atoms with Crippen LogP contribution >= 0.6 is 11.6 Å². The molecule has 3 amide bonds. The Labute approximate surface area is 194 Å². The van der Waals surface area contributed by atoms with Gasteiger partial charge in [-0.15, -0.1) is 11.6 Å². The number of aliphatic hydroxyl groups excluding tert-OH is 1. The van der Waals surface area contributed by atoms with E-state index < -0.39 is 12.5 Å². The molecule has 9 heteroatoms. The van der Waals surface area contributed by atoms with Gasteiger partial charge in [-0.25, -0.2) is 9.18 Å². The number of ether oxygens (including phenoxy) is 1. The summed E-state index contributed by atoms with van der Waals surface area (Å²) >= 11 is 4.64. The van der Waals surface area contributed by atoms with E-state index in [1.165, 1.54) is 18.5 Å². The van der Waals surface area contributed by atoms with E-state index >= 15 is 0 Å². The van der Waals surface area contributed by atoms with Crippen LogP contribution in [0.25, 0.3) is 0 Å². The third-order valence-corrected chi connectivity index (χ3v) is 5.77. The molecule has 1 aromatic rings. The van der Waals surface area contributed by atoms with Crippen molar-refractivity contribution in [3.8, 4) is 5.75 Å². The lowest BCUT2D eigenvalue weighted by Gasteiger charge is -2.37. The number of piperidine rings is 1. The lowest BCUT2D eigenvalue weighted by atomic mass is 10.0. The number of rotatable bonds is 5. The average molecular weight is 470 g/mol. The molecule has 7 nitrogen and oxygen atoms in total. The van der Waals surface area contributed by atoms with Crippen LogP contribution < -0.4 is 10.1 Å². The molecule has 2 aliphatic rings. The van der Waals surface area contributed by atoms with E-state index in [9.17, 15) is 14.0 Å². The summed E-state index contributed by atoms with van der Waals surface area (Å²) in [5.74, 6) is 0.239. The smallest absolute Gasteiger partial charge is 0.320 e. The molecule has 0 aromatic heterocycles. The second-order valence-electron chi connectivity index (χ2n) is 7.96. The van der Waals surface area contributed by atoms with Crippen LogP contribution in [0.2, 0.25) is 0 Å². The first kappa shape index (κ1) is 25.9. The molecular formula is C23H33ClFN3O4. The standard InChI is InChI=1S/C22H30FN3O4.CH3Cl/c1-16-8-11-26(13-20(16)24-21(28)14-27)22(29)25-10-2-3-17(9-12-25)15-30-19-6-4-18(23)5-7-19;1-2/h4-7,17,20,27H,1-3,8-15H2,(H,24,28);1H3/t17?,20-;/m1./s1. The minimum absolute atomic E-state index is 0.0224. The van der Waals surface area contributed by atoms with E-state index in [0.29, 0.717) is 50.9 Å². The van der Waals surface area contributed by atoms with Crippen LogP contribution in [0.15, 0.2) is 36.4 Å². The fourth-order valence-corrected chi connectivity index (χ4v) is 3.92. The van der Waals surface area contributed by atoms with Gasteiger partial charge in [-0.3, -0.25) is 4.79 Å². The summed E-state index contributed by atoms with van der Waals surface area (Å²) in [5, 5.41) is 11.7. The molecule has 2 heterocycles. The Morgan fingerprint density at radius 2 is 1.91 bits per heavy atom. The maximum absolute atomic E-state index is 13.0. The lowest BCUT2D eigenvalue weighted by Crippen LogP contribution is -2.54. The van der Waals surface area contributed by atoms with Crippen LogP contribution in [0.4, 0.5) is 9.18 Å². The molecule has 3 rings (SSSR count). The van der Waals surface area contributed by atoms with Gasteiger partial charge >= 0.3 is 6.03 Å². The molecule has 1 unspecified atom stereocenters. The van der Waals surface area contributed by atoms with Gasteiger partial charge in [0.2, 0.25) is 5.91 Å². The first-order valence-corrected chi connectivity index (χ1v) is 11.6. The van der Waals surface area contributed by atoms with Crippen molar-refractivity contribution in [3.05, 3.63) is 42.2 Å². The largest absolute Gasteiger partial charge is 0.493 e. The molecule has 2 N–H and O–H groups in total. The molecule has 32 heavy (non-hydrogen) atoms. The summed E-state index contributed by atoms with van der Waals surface area (Å²) in [4.78, 5) is 28.2. The number of nitrogens with zero attached hydrogens (tertiary/aromatic N) is 2. The van der Waals surface area contributed by atoms with Crippen molar-refractivity contribution < 1.29 is 23.8 Å². The Balaban J connectivity index is 0.00000176. The summed E-state index contributed by atoms with van der Waals surface area (Å²) in [6, 6.07) is 5.66. The quantitative estimate of drug-likeness (QED) is 0.513. The van der Waals surface area contributed by atoms with Gasteiger partial charge in [0.25, 0.3) is 0 Å². The minimum atomic E-state index is -0.578. The zero-order valence-corrected chi connectivity index (χ0v) is 19.3. The number of halogens is 2. The number of alkyl halides is 1. The molecule has 2 saturated heterocycles.